The van der Waals surface area contributed by atoms with E-state index in [2.05, 4.69) is 20.3 Å². The van der Waals surface area contributed by atoms with Crippen LogP contribution in [0.3, 0.4) is 0 Å². The summed E-state index contributed by atoms with van der Waals surface area (Å²) in [7, 11) is 0. The van der Waals surface area contributed by atoms with E-state index in [4.69, 9.17) is 11.6 Å². The largest absolute Gasteiger partial charge is 0.270 e. The molecule has 142 valence electrons. The molecule has 0 aliphatic heterocycles. The normalized spacial score (nSPS) is 11.4. The van der Waals surface area contributed by atoms with Gasteiger partial charge in [-0.05, 0) is 24.6 Å². The van der Waals surface area contributed by atoms with Crippen LogP contribution in [0, 0.1) is 17.0 Å². The number of hydrogen-bond acceptors (Lipinski definition) is 6. The van der Waals surface area contributed by atoms with Crippen molar-refractivity contribution < 1.29 is 4.92 Å². The molecule has 29 heavy (non-hydrogen) atoms. The maximum absolute atomic E-state index is 11.1. The van der Waals surface area contributed by atoms with Gasteiger partial charge < -0.3 is 0 Å². The van der Waals surface area contributed by atoms with Gasteiger partial charge in [-0.1, -0.05) is 29.8 Å². The van der Waals surface area contributed by atoms with Crippen molar-refractivity contribution in [3.63, 3.8) is 0 Å². The van der Waals surface area contributed by atoms with E-state index < -0.39 is 4.92 Å². The van der Waals surface area contributed by atoms with Crippen molar-refractivity contribution in [2.75, 3.05) is 0 Å². The number of hydrogen-bond donors (Lipinski definition) is 0. The van der Waals surface area contributed by atoms with Crippen molar-refractivity contribution in [1.29, 1.82) is 0 Å². The number of nitro groups is 1. The van der Waals surface area contributed by atoms with Crippen LogP contribution in [0.4, 0.5) is 5.69 Å². The zero-order valence-electron chi connectivity index (χ0n) is 15.0. The Morgan fingerprint density at radius 3 is 2.79 bits per heavy atom. The summed E-state index contributed by atoms with van der Waals surface area (Å²) in [5.41, 5.74) is 3.55. The number of nitrogens with zero attached hydrogens (tertiary/aromatic N) is 7. The van der Waals surface area contributed by atoms with E-state index >= 15 is 0 Å². The molecular weight excluding hydrogens is 394 g/mol. The van der Waals surface area contributed by atoms with E-state index in [0.717, 1.165) is 11.3 Å². The Balaban J connectivity index is 1.70. The summed E-state index contributed by atoms with van der Waals surface area (Å²) in [6.07, 6.45) is 3.26. The molecule has 0 aliphatic carbocycles. The second kappa shape index (κ2) is 6.35. The van der Waals surface area contributed by atoms with Crippen LogP contribution < -0.4 is 0 Å². The molecule has 10 heteroatoms. The lowest BCUT2D eigenvalue weighted by molar-refractivity contribution is -0.384. The van der Waals surface area contributed by atoms with Gasteiger partial charge in [0.15, 0.2) is 17.1 Å². The van der Waals surface area contributed by atoms with Gasteiger partial charge in [0, 0.05) is 22.7 Å². The molecule has 3 heterocycles. The summed E-state index contributed by atoms with van der Waals surface area (Å²) in [6, 6.07) is 11.8. The van der Waals surface area contributed by atoms with Gasteiger partial charge in [0.1, 0.15) is 6.33 Å². The smallest absolute Gasteiger partial charge is 0.265 e. The molecule has 0 atom stereocenters. The molecule has 0 amide bonds. The minimum atomic E-state index is -0.444. The Kier molecular flexibility index (Phi) is 3.78. The maximum atomic E-state index is 11.1. The zero-order chi connectivity index (χ0) is 20.1. The monoisotopic (exact) mass is 405 g/mol. The molecule has 0 aliphatic rings. The molecule has 0 saturated heterocycles. The van der Waals surface area contributed by atoms with Crippen molar-refractivity contribution in [2.24, 2.45) is 0 Å². The topological polar surface area (TPSA) is 104 Å². The molecule has 0 unspecified atom stereocenters. The van der Waals surface area contributed by atoms with Gasteiger partial charge in [-0.3, -0.25) is 14.5 Å². The molecule has 2 aromatic carbocycles. The van der Waals surface area contributed by atoms with Gasteiger partial charge in [-0.2, -0.15) is 5.10 Å². The first-order valence-corrected chi connectivity index (χ1v) is 8.99. The molecule has 0 fully saturated rings. The Morgan fingerprint density at radius 1 is 1.10 bits per heavy atom. The third-order valence-corrected chi connectivity index (χ3v) is 4.93. The summed E-state index contributed by atoms with van der Waals surface area (Å²) >= 11 is 6.15. The molecule has 0 radical (unpaired) electrons. The molecule has 5 aromatic rings. The number of aryl methyl sites for hydroxylation is 1. The van der Waals surface area contributed by atoms with Crippen LogP contribution >= 0.6 is 11.6 Å². The predicted octanol–water partition coefficient (Wildman–Crippen LogP) is 4.00. The van der Waals surface area contributed by atoms with Crippen molar-refractivity contribution >= 4 is 34.0 Å². The van der Waals surface area contributed by atoms with Gasteiger partial charge in [0.2, 0.25) is 0 Å². The Labute approximate surface area is 168 Å². The fraction of sp³-hybridized carbons (Fsp3) is 0.0526. The second-order valence-corrected chi connectivity index (χ2v) is 6.93. The van der Waals surface area contributed by atoms with Gasteiger partial charge in [-0.25, -0.2) is 9.67 Å². The molecule has 0 bridgehead atoms. The van der Waals surface area contributed by atoms with Crippen LogP contribution in [-0.2, 0) is 0 Å². The van der Waals surface area contributed by atoms with E-state index in [1.807, 2.05) is 25.1 Å². The van der Waals surface area contributed by atoms with Crippen LogP contribution in [0.1, 0.15) is 5.56 Å². The van der Waals surface area contributed by atoms with Gasteiger partial charge >= 0.3 is 0 Å². The molecule has 3 aromatic heterocycles. The highest BCUT2D eigenvalue weighted by molar-refractivity contribution is 6.30. The van der Waals surface area contributed by atoms with Crippen molar-refractivity contribution in [1.82, 2.24) is 29.4 Å². The summed E-state index contributed by atoms with van der Waals surface area (Å²) in [5.74, 6) is 0.463. The number of nitro benzene ring substituents is 1. The number of halogens is 1. The molecule has 5 rings (SSSR count). The number of non-ortho nitro benzene ring substituents is 1. The van der Waals surface area contributed by atoms with E-state index in [1.54, 1.807) is 33.7 Å². The molecular formula is C19H12ClN7O2. The number of benzene rings is 2. The average Bonchev–Trinajstić information content (AvgIpc) is 3.33. The van der Waals surface area contributed by atoms with Crippen molar-refractivity contribution in [3.8, 4) is 17.1 Å². The van der Waals surface area contributed by atoms with Crippen LogP contribution in [-0.4, -0.2) is 34.3 Å². The first-order chi connectivity index (χ1) is 14.0. The summed E-state index contributed by atoms with van der Waals surface area (Å²) in [4.78, 5) is 15.2. The average molecular weight is 406 g/mol. The van der Waals surface area contributed by atoms with Crippen LogP contribution in [0.5, 0.6) is 0 Å². The maximum Gasteiger partial charge on any atom is 0.270 e. The highest BCUT2D eigenvalue weighted by Gasteiger charge is 2.17. The quantitative estimate of drug-likeness (QED) is 0.332. The number of fused-ring (bicyclic) bond motifs is 3. The minimum absolute atomic E-state index is 0.0162. The van der Waals surface area contributed by atoms with E-state index in [1.165, 1.54) is 12.1 Å². The van der Waals surface area contributed by atoms with Crippen LogP contribution in [0.15, 0.2) is 55.0 Å². The Morgan fingerprint density at radius 2 is 1.97 bits per heavy atom. The van der Waals surface area contributed by atoms with Crippen LogP contribution in [0.2, 0.25) is 5.02 Å². The lowest BCUT2D eigenvalue weighted by Crippen LogP contribution is -2.01. The SMILES string of the molecule is Cc1ccc(Cl)cc1-n1ncc2c1ncn1c(-c3cccc([N+](=O)[O-])c3)nnc21. The standard InChI is InChI=1S/C19H12ClN7O2/c1-11-5-6-13(20)8-16(11)26-18-15(9-22-26)19-24-23-17(25(19)10-21-18)12-3-2-4-14(7-12)27(28)29/h2-10H,1H3. The van der Waals surface area contributed by atoms with Gasteiger partial charge in [0.05, 0.1) is 22.2 Å². The second-order valence-electron chi connectivity index (χ2n) is 6.49. The number of aromatic nitrogens is 6. The third kappa shape index (κ3) is 2.71. The van der Waals surface area contributed by atoms with Gasteiger partial charge in [0.25, 0.3) is 5.69 Å². The summed E-state index contributed by atoms with van der Waals surface area (Å²) in [6.45, 7) is 1.97. The minimum Gasteiger partial charge on any atom is -0.265 e. The predicted molar refractivity (Wildman–Crippen MR) is 107 cm³/mol. The zero-order valence-corrected chi connectivity index (χ0v) is 15.8. The number of rotatable bonds is 3. The van der Waals surface area contributed by atoms with E-state index in [9.17, 15) is 10.1 Å². The van der Waals surface area contributed by atoms with Crippen molar-refractivity contribution in [2.45, 2.75) is 6.92 Å². The summed E-state index contributed by atoms with van der Waals surface area (Å²) in [5, 5.41) is 25.3. The molecule has 9 nitrogen and oxygen atoms in total. The fourth-order valence-corrected chi connectivity index (χ4v) is 3.43. The first-order valence-electron chi connectivity index (χ1n) is 8.62. The third-order valence-electron chi connectivity index (χ3n) is 4.69. The summed E-state index contributed by atoms with van der Waals surface area (Å²) < 4.78 is 3.40. The highest BCUT2D eigenvalue weighted by Crippen LogP contribution is 2.27. The Hall–Kier alpha value is -3.85. The molecule has 0 saturated carbocycles. The van der Waals surface area contributed by atoms with E-state index in [-0.39, 0.29) is 5.69 Å². The molecule has 0 N–H and O–H groups in total. The van der Waals surface area contributed by atoms with Gasteiger partial charge in [-0.15, -0.1) is 10.2 Å². The first kappa shape index (κ1) is 17.3. The lowest BCUT2D eigenvalue weighted by Gasteiger charge is -2.07. The molecule has 0 spiro atoms. The Bertz CT molecular complexity index is 1420. The van der Waals surface area contributed by atoms with E-state index in [0.29, 0.717) is 33.1 Å². The van der Waals surface area contributed by atoms with Crippen molar-refractivity contribution in [3.05, 3.63) is 75.7 Å². The fourth-order valence-electron chi connectivity index (χ4n) is 3.26. The van der Waals surface area contributed by atoms with Crippen LogP contribution in [0.25, 0.3) is 33.8 Å². The lowest BCUT2D eigenvalue weighted by atomic mass is 10.2. The highest BCUT2D eigenvalue weighted by atomic mass is 35.5.